The topological polar surface area (TPSA) is 17.8 Å². The lowest BCUT2D eigenvalue weighted by Gasteiger charge is -2.10. The molecule has 88 valence electrons. The summed E-state index contributed by atoms with van der Waals surface area (Å²) in [7, 11) is 0. The quantitative estimate of drug-likeness (QED) is 0.666. The fraction of sp³-hybridized carbons (Fsp3) is 0. The molecule has 0 spiro atoms. The van der Waals surface area contributed by atoms with E-state index in [1.165, 1.54) is 12.1 Å². The molecule has 2 nitrogen and oxygen atoms in total. The van der Waals surface area contributed by atoms with E-state index in [0.717, 1.165) is 16.8 Å². The van der Waals surface area contributed by atoms with Gasteiger partial charge in [0.2, 0.25) is 0 Å². The molecule has 18 heavy (non-hydrogen) atoms. The Morgan fingerprint density at radius 1 is 0.944 bits per heavy atom. The second kappa shape index (κ2) is 4.45. The van der Waals surface area contributed by atoms with E-state index in [-0.39, 0.29) is 5.82 Å². The van der Waals surface area contributed by atoms with Gasteiger partial charge in [0.25, 0.3) is 0 Å². The lowest BCUT2D eigenvalue weighted by molar-refractivity contribution is 0.625. The van der Waals surface area contributed by atoms with E-state index in [1.54, 1.807) is 23.1 Å². The first-order valence-electron chi connectivity index (χ1n) is 5.69. The molecule has 1 heterocycles. The molecule has 0 aliphatic heterocycles. The third kappa shape index (κ3) is 1.91. The van der Waals surface area contributed by atoms with Crippen molar-refractivity contribution < 1.29 is 4.39 Å². The highest BCUT2D eigenvalue weighted by atomic mass is 19.1. The fourth-order valence-electron chi connectivity index (χ4n) is 1.97. The molecule has 0 N–H and O–H groups in total. The van der Waals surface area contributed by atoms with Crippen LogP contribution in [0.25, 0.3) is 16.8 Å². The van der Waals surface area contributed by atoms with Crippen LogP contribution >= 0.6 is 0 Å². The Hall–Kier alpha value is -2.42. The predicted molar refractivity (Wildman–Crippen MR) is 69.0 cm³/mol. The van der Waals surface area contributed by atoms with Crippen LogP contribution in [0.2, 0.25) is 0 Å². The Bertz CT molecular complexity index is 646. The van der Waals surface area contributed by atoms with Gasteiger partial charge in [0, 0.05) is 24.0 Å². The zero-order valence-electron chi connectivity index (χ0n) is 9.62. The van der Waals surface area contributed by atoms with Gasteiger partial charge >= 0.3 is 0 Å². The molecule has 0 saturated heterocycles. The van der Waals surface area contributed by atoms with Crippen molar-refractivity contribution in [3.63, 3.8) is 0 Å². The average Bonchev–Trinajstić information content (AvgIpc) is 2.93. The smallest absolute Gasteiger partial charge is 0.125 e. The minimum Gasteiger partial charge on any atom is -0.240 e. The molecule has 0 atom stereocenters. The van der Waals surface area contributed by atoms with Crippen LogP contribution in [0.5, 0.6) is 0 Å². The second-order valence-corrected chi connectivity index (χ2v) is 3.98. The number of aromatic nitrogens is 2. The number of hydrogen-bond donors (Lipinski definition) is 0. The average molecular weight is 238 g/mol. The largest absolute Gasteiger partial charge is 0.240 e. The first-order valence-corrected chi connectivity index (χ1v) is 5.69. The van der Waals surface area contributed by atoms with Gasteiger partial charge < -0.3 is 0 Å². The number of benzene rings is 2. The summed E-state index contributed by atoms with van der Waals surface area (Å²) in [5, 5.41) is 4.16. The zero-order valence-corrected chi connectivity index (χ0v) is 9.62. The van der Waals surface area contributed by atoms with E-state index in [4.69, 9.17) is 0 Å². The van der Waals surface area contributed by atoms with Gasteiger partial charge in [-0.05, 0) is 23.8 Å². The van der Waals surface area contributed by atoms with Crippen LogP contribution in [-0.4, -0.2) is 9.78 Å². The van der Waals surface area contributed by atoms with E-state index in [2.05, 4.69) is 5.10 Å². The van der Waals surface area contributed by atoms with Crippen LogP contribution in [0.3, 0.4) is 0 Å². The fourth-order valence-corrected chi connectivity index (χ4v) is 1.97. The van der Waals surface area contributed by atoms with Gasteiger partial charge in [-0.15, -0.1) is 0 Å². The van der Waals surface area contributed by atoms with Crippen LogP contribution < -0.4 is 0 Å². The highest BCUT2D eigenvalue weighted by Gasteiger charge is 2.08. The summed E-state index contributed by atoms with van der Waals surface area (Å²) in [6, 6.07) is 16.4. The molecule has 0 aliphatic carbocycles. The molecule has 0 saturated carbocycles. The summed E-state index contributed by atoms with van der Waals surface area (Å²) in [6.45, 7) is 0. The molecule has 3 heteroatoms. The lowest BCUT2D eigenvalue weighted by atomic mass is 10.0. The Balaban J connectivity index is 2.21. The van der Waals surface area contributed by atoms with E-state index in [1.807, 2.05) is 36.4 Å². The van der Waals surface area contributed by atoms with Gasteiger partial charge in [0.05, 0.1) is 5.69 Å². The van der Waals surface area contributed by atoms with Crippen LogP contribution in [0.15, 0.2) is 67.0 Å². The van der Waals surface area contributed by atoms with E-state index in [9.17, 15) is 4.39 Å². The van der Waals surface area contributed by atoms with Gasteiger partial charge in [-0.3, -0.25) is 0 Å². The summed E-state index contributed by atoms with van der Waals surface area (Å²) in [5.74, 6) is -0.264. The second-order valence-electron chi connectivity index (χ2n) is 3.98. The molecule has 0 unspecified atom stereocenters. The standard InChI is InChI=1S/C15H11FN2/c16-13-7-8-14(12-5-2-1-3-6-12)15(11-13)18-10-4-9-17-18/h1-11H. The summed E-state index contributed by atoms with van der Waals surface area (Å²) in [4.78, 5) is 0. The van der Waals surface area contributed by atoms with Crippen LogP contribution in [-0.2, 0) is 0 Å². The highest BCUT2D eigenvalue weighted by molar-refractivity contribution is 5.72. The Morgan fingerprint density at radius 2 is 1.78 bits per heavy atom. The lowest BCUT2D eigenvalue weighted by Crippen LogP contribution is -1.98. The minimum atomic E-state index is -0.264. The van der Waals surface area contributed by atoms with Gasteiger partial charge in [-0.25, -0.2) is 9.07 Å². The molecule has 1 aromatic heterocycles. The monoisotopic (exact) mass is 238 g/mol. The predicted octanol–water partition coefficient (Wildman–Crippen LogP) is 3.68. The Morgan fingerprint density at radius 3 is 2.50 bits per heavy atom. The van der Waals surface area contributed by atoms with Crippen molar-refractivity contribution in [2.75, 3.05) is 0 Å². The minimum absolute atomic E-state index is 0.264. The van der Waals surface area contributed by atoms with Gasteiger partial charge in [0.1, 0.15) is 5.82 Å². The van der Waals surface area contributed by atoms with Crippen molar-refractivity contribution in [3.05, 3.63) is 72.8 Å². The van der Waals surface area contributed by atoms with Gasteiger partial charge in [-0.2, -0.15) is 5.10 Å². The van der Waals surface area contributed by atoms with Crippen LogP contribution in [0.4, 0.5) is 4.39 Å². The Kier molecular flexibility index (Phi) is 2.65. The van der Waals surface area contributed by atoms with Gasteiger partial charge in [-0.1, -0.05) is 30.3 Å². The highest BCUT2D eigenvalue weighted by Crippen LogP contribution is 2.26. The zero-order chi connectivity index (χ0) is 12.4. The molecule has 3 rings (SSSR count). The molecule has 0 aliphatic rings. The van der Waals surface area contributed by atoms with Crippen molar-refractivity contribution >= 4 is 0 Å². The molecule has 0 radical (unpaired) electrons. The van der Waals surface area contributed by atoms with E-state index >= 15 is 0 Å². The molecule has 0 bridgehead atoms. The third-order valence-corrected chi connectivity index (χ3v) is 2.80. The number of halogens is 1. The van der Waals surface area contributed by atoms with Crippen LogP contribution in [0, 0.1) is 5.82 Å². The SMILES string of the molecule is Fc1ccc(-c2ccccc2)c(-n2cccn2)c1. The molecule has 0 amide bonds. The third-order valence-electron chi connectivity index (χ3n) is 2.80. The maximum absolute atomic E-state index is 13.4. The van der Waals surface area contributed by atoms with Crippen LogP contribution in [0.1, 0.15) is 0 Å². The normalized spacial score (nSPS) is 10.5. The first kappa shape index (κ1) is 10.7. The number of nitrogens with zero attached hydrogens (tertiary/aromatic N) is 2. The maximum Gasteiger partial charge on any atom is 0.125 e. The van der Waals surface area contributed by atoms with Crippen molar-refractivity contribution in [2.24, 2.45) is 0 Å². The van der Waals surface area contributed by atoms with Crippen molar-refractivity contribution in [1.29, 1.82) is 0 Å². The van der Waals surface area contributed by atoms with Crippen molar-refractivity contribution in [1.82, 2.24) is 9.78 Å². The summed E-state index contributed by atoms with van der Waals surface area (Å²) < 4.78 is 15.1. The van der Waals surface area contributed by atoms with E-state index < -0.39 is 0 Å². The first-order chi connectivity index (χ1) is 8.84. The van der Waals surface area contributed by atoms with Crippen molar-refractivity contribution in [2.45, 2.75) is 0 Å². The van der Waals surface area contributed by atoms with E-state index in [0.29, 0.717) is 0 Å². The molecular formula is C15H11FN2. The number of rotatable bonds is 2. The molecule has 3 aromatic rings. The Labute approximate surface area is 104 Å². The number of hydrogen-bond acceptors (Lipinski definition) is 1. The molecule has 2 aromatic carbocycles. The summed E-state index contributed by atoms with van der Waals surface area (Å²) in [5.41, 5.74) is 2.75. The van der Waals surface area contributed by atoms with Gasteiger partial charge in [0.15, 0.2) is 0 Å². The maximum atomic E-state index is 13.4. The molecular weight excluding hydrogens is 227 g/mol. The van der Waals surface area contributed by atoms with Crippen molar-refractivity contribution in [3.8, 4) is 16.8 Å². The summed E-state index contributed by atoms with van der Waals surface area (Å²) >= 11 is 0. The molecule has 0 fully saturated rings. The summed E-state index contributed by atoms with van der Waals surface area (Å²) in [6.07, 6.45) is 3.49.